The van der Waals surface area contributed by atoms with Gasteiger partial charge < -0.3 is 29.3 Å². The van der Waals surface area contributed by atoms with E-state index in [1.807, 2.05) is 0 Å². The Balaban J connectivity index is 0. The molecule has 15 heavy (non-hydrogen) atoms. The quantitative estimate of drug-likeness (QED) is 0.410. The van der Waals surface area contributed by atoms with Crippen LogP contribution in [0.1, 0.15) is 71.1 Å². The third-order valence-electron chi connectivity index (χ3n) is 2.85. The molecule has 0 rings (SSSR count). The second-order valence-electron chi connectivity index (χ2n) is 4.38. The van der Waals surface area contributed by atoms with E-state index in [0.29, 0.717) is 0 Å². The Hall–Kier alpha value is 0.690. The van der Waals surface area contributed by atoms with Gasteiger partial charge in [0.25, 0.3) is 0 Å². The molecule has 0 fully saturated rings. The first kappa shape index (κ1) is 18.1. The van der Waals surface area contributed by atoms with Crippen LogP contribution >= 0.6 is 0 Å². The molecule has 0 unspecified atom stereocenters. The fourth-order valence-electron chi connectivity index (χ4n) is 1.84. The number of halogens is 1. The molecule has 0 atom stereocenters. The highest BCUT2D eigenvalue weighted by Crippen LogP contribution is 2.09. The number of unbranched alkanes of at least 4 members (excludes halogenated alkanes) is 9. The predicted molar refractivity (Wildman–Crippen MR) is 64.6 cm³/mol. The van der Waals surface area contributed by atoms with Crippen LogP contribution in [0.3, 0.4) is 0 Å². The van der Waals surface area contributed by atoms with Gasteiger partial charge in [-0.05, 0) is 12.8 Å². The highest BCUT2D eigenvalue weighted by molar-refractivity contribution is 4.46. The smallest absolute Gasteiger partial charge is 0.0753 e. The van der Waals surface area contributed by atoms with Crippen LogP contribution < -0.4 is 29.3 Å². The van der Waals surface area contributed by atoms with E-state index in [-0.39, 0.29) is 24.0 Å². The average Bonchev–Trinajstić information content (AvgIpc) is 2.21. The van der Waals surface area contributed by atoms with E-state index in [1.54, 1.807) is 0 Å². The van der Waals surface area contributed by atoms with Crippen molar-refractivity contribution in [2.75, 3.05) is 13.6 Å². The largest absolute Gasteiger partial charge is 1.00 e. The number of rotatable bonds is 11. The Labute approximate surface area is 114 Å². The van der Waals surface area contributed by atoms with E-state index >= 15 is 0 Å². The van der Waals surface area contributed by atoms with Crippen molar-refractivity contribution < 1.29 is 29.3 Å². The lowest BCUT2D eigenvalue weighted by Crippen LogP contribution is -3.00. The van der Waals surface area contributed by atoms with E-state index < -0.39 is 0 Å². The van der Waals surface area contributed by atoms with Crippen molar-refractivity contribution >= 4 is 0 Å². The molecule has 0 heterocycles. The average molecular weight is 327 g/mol. The van der Waals surface area contributed by atoms with Gasteiger partial charge in [-0.3, -0.25) is 0 Å². The molecule has 0 saturated heterocycles. The van der Waals surface area contributed by atoms with Crippen LogP contribution in [-0.2, 0) is 0 Å². The first-order chi connectivity index (χ1) is 6.91. The molecule has 0 aromatic carbocycles. The number of quaternary nitrogens is 1. The van der Waals surface area contributed by atoms with Crippen molar-refractivity contribution in [1.82, 2.24) is 0 Å². The summed E-state index contributed by atoms with van der Waals surface area (Å²) in [6, 6.07) is 0. The minimum atomic E-state index is 0. The van der Waals surface area contributed by atoms with Crippen LogP contribution in [0.25, 0.3) is 0 Å². The molecule has 0 aliphatic rings. The van der Waals surface area contributed by atoms with E-state index in [0.717, 1.165) is 0 Å². The highest BCUT2D eigenvalue weighted by Gasteiger charge is 1.92. The fourth-order valence-corrected chi connectivity index (χ4v) is 1.84. The second kappa shape index (κ2) is 17.1. The molecular formula is C13H30IN. The SMILES string of the molecule is CCCCCCCCCCCC[NH2+]C.[I-]. The van der Waals surface area contributed by atoms with Crippen LogP contribution in [0, 0.1) is 0 Å². The van der Waals surface area contributed by atoms with Crippen molar-refractivity contribution in [3.8, 4) is 0 Å². The zero-order chi connectivity index (χ0) is 10.5. The first-order valence-electron chi connectivity index (χ1n) is 6.69. The van der Waals surface area contributed by atoms with Gasteiger partial charge in [-0.25, -0.2) is 0 Å². The lowest BCUT2D eigenvalue weighted by molar-refractivity contribution is -0.627. The summed E-state index contributed by atoms with van der Waals surface area (Å²) >= 11 is 0. The van der Waals surface area contributed by atoms with E-state index in [4.69, 9.17) is 0 Å². The van der Waals surface area contributed by atoms with Crippen LogP contribution in [0.5, 0.6) is 0 Å². The number of hydrogen-bond donors (Lipinski definition) is 1. The van der Waals surface area contributed by atoms with Crippen molar-refractivity contribution in [3.63, 3.8) is 0 Å². The van der Waals surface area contributed by atoms with E-state index in [9.17, 15) is 0 Å². The van der Waals surface area contributed by atoms with Crippen LogP contribution in [-0.4, -0.2) is 13.6 Å². The lowest BCUT2D eigenvalue weighted by Gasteiger charge is -2.01. The molecule has 2 N–H and O–H groups in total. The molecule has 0 bridgehead atoms. The summed E-state index contributed by atoms with van der Waals surface area (Å²) in [6.07, 6.45) is 14.5. The molecule has 0 amide bonds. The van der Waals surface area contributed by atoms with E-state index in [2.05, 4.69) is 19.3 Å². The summed E-state index contributed by atoms with van der Waals surface area (Å²) in [6.45, 7) is 3.60. The van der Waals surface area contributed by atoms with Gasteiger partial charge >= 0.3 is 0 Å². The number of nitrogens with two attached hydrogens (primary N) is 1. The predicted octanol–water partition coefficient (Wildman–Crippen LogP) is 0.105. The standard InChI is InChI=1S/C13H29N.HI/c1-3-4-5-6-7-8-9-10-11-12-13-14-2;/h14H,3-13H2,1-2H3;1H. The molecule has 2 heteroatoms. The Morgan fingerprint density at radius 3 is 1.47 bits per heavy atom. The van der Waals surface area contributed by atoms with Crippen LogP contribution in [0.15, 0.2) is 0 Å². The molecule has 0 aromatic heterocycles. The van der Waals surface area contributed by atoms with Gasteiger partial charge in [0.15, 0.2) is 0 Å². The molecule has 0 aliphatic carbocycles. The minimum Gasteiger partial charge on any atom is -1.00 e. The van der Waals surface area contributed by atoms with Crippen molar-refractivity contribution in [3.05, 3.63) is 0 Å². The summed E-state index contributed by atoms with van der Waals surface area (Å²) in [5.74, 6) is 0. The normalized spacial score (nSPS) is 10.0. The molecule has 0 saturated carbocycles. The third-order valence-corrected chi connectivity index (χ3v) is 2.85. The molecule has 0 radical (unpaired) electrons. The number of hydrogen-bond acceptors (Lipinski definition) is 0. The topological polar surface area (TPSA) is 16.6 Å². The van der Waals surface area contributed by atoms with Gasteiger partial charge in [0.2, 0.25) is 0 Å². The third kappa shape index (κ3) is 17.3. The summed E-state index contributed by atoms with van der Waals surface area (Å²) in [4.78, 5) is 0. The highest BCUT2D eigenvalue weighted by atomic mass is 127. The summed E-state index contributed by atoms with van der Waals surface area (Å²) < 4.78 is 0. The lowest BCUT2D eigenvalue weighted by atomic mass is 10.1. The Bertz CT molecular complexity index is 84.5. The van der Waals surface area contributed by atoms with E-state index in [1.165, 1.54) is 70.8 Å². The fraction of sp³-hybridized carbons (Fsp3) is 1.00. The maximum Gasteiger partial charge on any atom is 0.0753 e. The zero-order valence-corrected chi connectivity index (χ0v) is 12.9. The Morgan fingerprint density at radius 2 is 1.07 bits per heavy atom. The zero-order valence-electron chi connectivity index (χ0n) is 10.7. The molecule has 1 nitrogen and oxygen atoms in total. The van der Waals surface area contributed by atoms with Crippen molar-refractivity contribution in [2.45, 2.75) is 71.1 Å². The van der Waals surface area contributed by atoms with Crippen molar-refractivity contribution in [2.24, 2.45) is 0 Å². The van der Waals surface area contributed by atoms with Gasteiger partial charge in [-0.2, -0.15) is 0 Å². The van der Waals surface area contributed by atoms with Crippen LogP contribution in [0.2, 0.25) is 0 Å². The first-order valence-corrected chi connectivity index (χ1v) is 6.69. The van der Waals surface area contributed by atoms with Crippen molar-refractivity contribution in [1.29, 1.82) is 0 Å². The summed E-state index contributed by atoms with van der Waals surface area (Å²) in [7, 11) is 2.16. The second-order valence-corrected chi connectivity index (χ2v) is 4.38. The van der Waals surface area contributed by atoms with Gasteiger partial charge in [-0.1, -0.05) is 58.3 Å². The summed E-state index contributed by atoms with van der Waals surface area (Å²) in [5.41, 5.74) is 0. The maximum atomic E-state index is 2.28. The Morgan fingerprint density at radius 1 is 0.667 bits per heavy atom. The minimum absolute atomic E-state index is 0. The maximum absolute atomic E-state index is 2.28. The Kier molecular flexibility index (Phi) is 20.6. The molecule has 0 aromatic rings. The molecule has 0 spiro atoms. The van der Waals surface area contributed by atoms with Gasteiger partial charge in [0, 0.05) is 0 Å². The van der Waals surface area contributed by atoms with Gasteiger partial charge in [0.1, 0.15) is 0 Å². The molecule has 0 aliphatic heterocycles. The van der Waals surface area contributed by atoms with Gasteiger partial charge in [0.05, 0.1) is 13.6 Å². The summed E-state index contributed by atoms with van der Waals surface area (Å²) in [5, 5.41) is 2.28. The molecule has 94 valence electrons. The monoisotopic (exact) mass is 327 g/mol. The van der Waals surface area contributed by atoms with Gasteiger partial charge in [-0.15, -0.1) is 0 Å². The van der Waals surface area contributed by atoms with Crippen LogP contribution in [0.4, 0.5) is 0 Å². The molecular weight excluding hydrogens is 297 g/mol.